The summed E-state index contributed by atoms with van der Waals surface area (Å²) in [4.78, 5) is 16.4. The first-order valence-corrected chi connectivity index (χ1v) is 10.9. The van der Waals surface area contributed by atoms with Crippen LogP contribution < -0.4 is 10.6 Å². The van der Waals surface area contributed by atoms with Crippen molar-refractivity contribution < 1.29 is 9.53 Å². The van der Waals surface area contributed by atoms with E-state index in [1.807, 2.05) is 32.9 Å². The van der Waals surface area contributed by atoms with Crippen molar-refractivity contribution in [2.45, 2.75) is 58.5 Å². The van der Waals surface area contributed by atoms with Crippen LogP contribution in [0.1, 0.15) is 52.9 Å². The highest BCUT2D eigenvalue weighted by atomic mass is 16.6. The zero-order chi connectivity index (χ0) is 21.4. The number of carbonyl (C=O) groups is 1. The molecule has 30 heavy (non-hydrogen) atoms. The van der Waals surface area contributed by atoms with Crippen LogP contribution in [0.5, 0.6) is 0 Å². The smallest absolute Gasteiger partial charge is 0.407 e. The number of unbranched alkanes of at least 4 members (excludes halogenated alkanes) is 4. The Morgan fingerprint density at radius 2 is 1.37 bits per heavy atom. The molecule has 160 valence electrons. The third kappa shape index (κ3) is 6.34. The highest BCUT2D eigenvalue weighted by Crippen LogP contribution is 2.30. The molecule has 0 unspecified atom stereocenters. The number of rotatable bonds is 9. The Morgan fingerprint density at radius 1 is 0.833 bits per heavy atom. The fraction of sp³-hybridized carbons (Fsp3) is 0.440. The van der Waals surface area contributed by atoms with Crippen LogP contribution in [0.2, 0.25) is 0 Å². The summed E-state index contributed by atoms with van der Waals surface area (Å²) in [6.45, 7) is 7.23. The Morgan fingerprint density at radius 3 is 1.97 bits per heavy atom. The van der Waals surface area contributed by atoms with Crippen LogP contribution in [-0.4, -0.2) is 29.8 Å². The lowest BCUT2D eigenvalue weighted by molar-refractivity contribution is 0.0527. The van der Waals surface area contributed by atoms with E-state index in [2.05, 4.69) is 47.0 Å². The average Bonchev–Trinajstić information content (AvgIpc) is 2.70. The maximum Gasteiger partial charge on any atom is 0.407 e. The molecule has 0 saturated carbocycles. The molecule has 0 bridgehead atoms. The summed E-state index contributed by atoms with van der Waals surface area (Å²) >= 11 is 0. The highest BCUT2D eigenvalue weighted by Gasteiger charge is 2.15. The van der Waals surface area contributed by atoms with Gasteiger partial charge in [-0.3, -0.25) is 0 Å². The maximum absolute atomic E-state index is 11.6. The third-order valence-electron chi connectivity index (χ3n) is 4.91. The van der Waals surface area contributed by atoms with E-state index >= 15 is 0 Å². The van der Waals surface area contributed by atoms with Crippen LogP contribution in [0.4, 0.5) is 10.5 Å². The molecule has 2 aromatic carbocycles. The number of nitrogens with one attached hydrogen (secondary N) is 2. The first-order chi connectivity index (χ1) is 14.4. The van der Waals surface area contributed by atoms with Gasteiger partial charge in [-0.15, -0.1) is 0 Å². The van der Waals surface area contributed by atoms with E-state index in [9.17, 15) is 4.79 Å². The number of alkyl carbamates (subject to hydrolysis) is 1. The Balaban J connectivity index is 1.40. The predicted octanol–water partition coefficient (Wildman–Crippen LogP) is 6.28. The van der Waals surface area contributed by atoms with Crippen LogP contribution in [-0.2, 0) is 4.74 Å². The Hall–Kier alpha value is -2.82. The van der Waals surface area contributed by atoms with Crippen LogP contribution >= 0.6 is 0 Å². The molecule has 2 N–H and O–H groups in total. The molecule has 0 saturated heterocycles. The lowest BCUT2D eigenvalue weighted by Crippen LogP contribution is -2.32. The SMILES string of the molecule is CC(C)(C)OC(=O)NCCCCCCCNc1c2ccccc2nc2ccccc12. The van der Waals surface area contributed by atoms with Gasteiger partial charge in [0.15, 0.2) is 0 Å². The molecule has 1 aromatic heterocycles. The molecule has 0 aliphatic carbocycles. The van der Waals surface area contributed by atoms with Crippen LogP contribution in [0.15, 0.2) is 48.5 Å². The van der Waals surface area contributed by atoms with E-state index in [1.54, 1.807) is 0 Å². The van der Waals surface area contributed by atoms with Gasteiger partial charge in [-0.25, -0.2) is 9.78 Å². The molecule has 0 radical (unpaired) electrons. The molecule has 5 nitrogen and oxygen atoms in total. The first-order valence-electron chi connectivity index (χ1n) is 10.9. The fourth-order valence-corrected chi connectivity index (χ4v) is 3.53. The Kier molecular flexibility index (Phi) is 7.50. The van der Waals surface area contributed by atoms with Gasteiger partial charge in [0, 0.05) is 23.9 Å². The quantitative estimate of drug-likeness (QED) is 0.324. The second-order valence-corrected chi connectivity index (χ2v) is 8.64. The van der Waals surface area contributed by atoms with Gasteiger partial charge in [-0.05, 0) is 45.7 Å². The van der Waals surface area contributed by atoms with E-state index in [1.165, 1.54) is 22.9 Å². The number of carbonyl (C=O) groups excluding carboxylic acids is 1. The van der Waals surface area contributed by atoms with Crippen LogP contribution in [0.3, 0.4) is 0 Å². The minimum atomic E-state index is -0.442. The van der Waals surface area contributed by atoms with Crippen LogP contribution in [0, 0.1) is 0 Å². The molecule has 1 heterocycles. The van der Waals surface area contributed by atoms with Crippen molar-refractivity contribution in [3.63, 3.8) is 0 Å². The van der Waals surface area contributed by atoms with Crippen molar-refractivity contribution in [1.29, 1.82) is 0 Å². The standard InChI is InChI=1S/C25H33N3O2/c1-25(2,3)30-24(29)27-18-12-6-4-5-11-17-26-23-19-13-7-9-15-21(19)28-22-16-10-8-14-20(22)23/h7-10,13-16H,4-6,11-12,17-18H2,1-3H3,(H,26,28)(H,27,29). The summed E-state index contributed by atoms with van der Waals surface area (Å²) in [5.41, 5.74) is 2.79. The van der Waals surface area contributed by atoms with Gasteiger partial charge in [-0.2, -0.15) is 0 Å². The van der Waals surface area contributed by atoms with Gasteiger partial charge in [0.25, 0.3) is 0 Å². The van der Waals surface area contributed by atoms with Crippen molar-refractivity contribution in [2.75, 3.05) is 18.4 Å². The van der Waals surface area contributed by atoms with E-state index < -0.39 is 5.60 Å². The number of amides is 1. The molecule has 3 aromatic rings. The second kappa shape index (κ2) is 10.3. The molecular weight excluding hydrogens is 374 g/mol. The van der Waals surface area contributed by atoms with Gasteiger partial charge in [0.2, 0.25) is 0 Å². The lowest BCUT2D eigenvalue weighted by atomic mass is 10.1. The highest BCUT2D eigenvalue weighted by molar-refractivity contribution is 6.07. The number of benzene rings is 2. The van der Waals surface area contributed by atoms with Gasteiger partial charge in [0.05, 0.1) is 16.7 Å². The van der Waals surface area contributed by atoms with Crippen molar-refractivity contribution in [1.82, 2.24) is 10.3 Å². The molecule has 1 amide bonds. The number of aromatic nitrogens is 1. The van der Waals surface area contributed by atoms with Crippen molar-refractivity contribution in [3.8, 4) is 0 Å². The number of fused-ring (bicyclic) bond motifs is 2. The third-order valence-corrected chi connectivity index (χ3v) is 4.91. The number of anilines is 1. The topological polar surface area (TPSA) is 63.2 Å². The molecule has 0 atom stereocenters. The summed E-state index contributed by atoms with van der Waals surface area (Å²) in [7, 11) is 0. The van der Waals surface area contributed by atoms with Crippen molar-refractivity contribution in [3.05, 3.63) is 48.5 Å². The molecule has 3 rings (SSSR count). The van der Waals surface area contributed by atoms with Gasteiger partial charge in [-0.1, -0.05) is 55.7 Å². The average molecular weight is 408 g/mol. The van der Waals surface area contributed by atoms with Crippen molar-refractivity contribution >= 4 is 33.6 Å². The molecule has 0 aliphatic rings. The number of hydrogen-bond donors (Lipinski definition) is 2. The summed E-state index contributed by atoms with van der Waals surface area (Å²) < 4.78 is 5.24. The normalized spacial score (nSPS) is 11.6. The molecular formula is C25H33N3O2. The zero-order valence-corrected chi connectivity index (χ0v) is 18.3. The summed E-state index contributed by atoms with van der Waals surface area (Å²) in [5.74, 6) is 0. The predicted molar refractivity (Wildman–Crippen MR) is 125 cm³/mol. The fourth-order valence-electron chi connectivity index (χ4n) is 3.53. The largest absolute Gasteiger partial charge is 0.444 e. The number of pyridine rings is 1. The summed E-state index contributed by atoms with van der Waals surface area (Å²) in [5, 5.41) is 8.81. The summed E-state index contributed by atoms with van der Waals surface area (Å²) in [6, 6.07) is 16.6. The Labute approximate surface area is 179 Å². The van der Waals surface area contributed by atoms with E-state index in [0.717, 1.165) is 43.3 Å². The Bertz CT molecular complexity index is 925. The minimum absolute atomic E-state index is 0.330. The van der Waals surface area contributed by atoms with E-state index in [4.69, 9.17) is 9.72 Å². The second-order valence-electron chi connectivity index (χ2n) is 8.64. The maximum atomic E-state index is 11.6. The number of nitrogens with zero attached hydrogens (tertiary/aromatic N) is 1. The van der Waals surface area contributed by atoms with Gasteiger partial charge in [0.1, 0.15) is 5.60 Å². The molecule has 0 fully saturated rings. The lowest BCUT2D eigenvalue weighted by Gasteiger charge is -2.19. The number of ether oxygens (including phenoxy) is 1. The van der Waals surface area contributed by atoms with Gasteiger partial charge < -0.3 is 15.4 Å². The first kappa shape index (κ1) is 21.9. The molecule has 5 heteroatoms. The van der Waals surface area contributed by atoms with Crippen molar-refractivity contribution in [2.24, 2.45) is 0 Å². The zero-order valence-electron chi connectivity index (χ0n) is 18.3. The van der Waals surface area contributed by atoms with E-state index in [-0.39, 0.29) is 6.09 Å². The molecule has 0 aliphatic heterocycles. The number of hydrogen-bond acceptors (Lipinski definition) is 4. The minimum Gasteiger partial charge on any atom is -0.444 e. The molecule has 0 spiro atoms. The monoisotopic (exact) mass is 407 g/mol. The van der Waals surface area contributed by atoms with Crippen LogP contribution in [0.25, 0.3) is 21.8 Å². The summed E-state index contributed by atoms with van der Waals surface area (Å²) in [6.07, 6.45) is 5.20. The van der Waals surface area contributed by atoms with Gasteiger partial charge >= 0.3 is 6.09 Å². The van der Waals surface area contributed by atoms with E-state index in [0.29, 0.717) is 6.54 Å². The number of para-hydroxylation sites is 2.